The average molecular weight is 329 g/mol. The number of hydrogen-bond acceptors (Lipinski definition) is 2. The van der Waals surface area contributed by atoms with Gasteiger partial charge in [-0.2, -0.15) is 0 Å². The minimum Gasteiger partial charge on any atom is -0.346 e. The van der Waals surface area contributed by atoms with Gasteiger partial charge in [-0.25, -0.2) is 17.6 Å². The lowest BCUT2D eigenvalue weighted by molar-refractivity contribution is 0.0118. The van der Waals surface area contributed by atoms with E-state index in [1.165, 1.54) is 0 Å². The number of amides is 1. The molecule has 0 unspecified atom stereocenters. The van der Waals surface area contributed by atoms with E-state index in [1.54, 1.807) is 0 Å². The van der Waals surface area contributed by atoms with Crippen molar-refractivity contribution in [1.82, 2.24) is 5.32 Å². The molecule has 0 bridgehead atoms. The predicted octanol–water partition coefficient (Wildman–Crippen LogP) is 2.05. The van der Waals surface area contributed by atoms with Crippen LogP contribution in [0.15, 0.2) is 16.6 Å². The van der Waals surface area contributed by atoms with Crippen LogP contribution in [-0.2, 0) is 0 Å². The number of nitrogens with two attached hydrogens (primary N) is 1. The zero-order chi connectivity index (χ0) is 13.9. The van der Waals surface area contributed by atoms with Gasteiger partial charge in [-0.05, 0) is 28.1 Å². The highest BCUT2D eigenvalue weighted by Crippen LogP contribution is 2.20. The lowest BCUT2D eigenvalue weighted by atomic mass is 10.2. The number of rotatable bonds is 4. The van der Waals surface area contributed by atoms with Crippen molar-refractivity contribution in [3.05, 3.63) is 33.8 Å². The SMILES string of the molecule is NCC(F)(F)CNC(=O)c1cc(F)c(F)cc1Br. The van der Waals surface area contributed by atoms with E-state index in [4.69, 9.17) is 5.73 Å². The minimum atomic E-state index is -3.25. The summed E-state index contributed by atoms with van der Waals surface area (Å²) in [4.78, 5) is 11.5. The number of halogens is 5. The summed E-state index contributed by atoms with van der Waals surface area (Å²) < 4.78 is 51.2. The Hall–Kier alpha value is -1.15. The normalized spacial score (nSPS) is 11.4. The third kappa shape index (κ3) is 3.67. The highest BCUT2D eigenvalue weighted by Gasteiger charge is 2.27. The van der Waals surface area contributed by atoms with E-state index >= 15 is 0 Å². The predicted molar refractivity (Wildman–Crippen MR) is 60.4 cm³/mol. The molecule has 8 heteroatoms. The molecule has 0 saturated carbocycles. The van der Waals surface area contributed by atoms with Gasteiger partial charge in [-0.1, -0.05) is 0 Å². The van der Waals surface area contributed by atoms with Gasteiger partial charge in [-0.15, -0.1) is 0 Å². The molecule has 3 N–H and O–H groups in total. The first-order chi connectivity index (χ1) is 8.26. The first-order valence-corrected chi connectivity index (χ1v) is 5.57. The minimum absolute atomic E-state index is 0.0324. The standard InChI is InChI=1S/C10H9BrF4N2O/c11-6-2-8(13)7(12)1-5(6)9(18)17-4-10(14,15)3-16/h1-2H,3-4,16H2,(H,17,18). The van der Waals surface area contributed by atoms with Crippen molar-refractivity contribution in [3.8, 4) is 0 Å². The second-order valence-electron chi connectivity index (χ2n) is 3.49. The molecule has 1 aromatic rings. The Kier molecular flexibility index (Phi) is 4.69. The maximum atomic E-state index is 12.9. The first kappa shape index (κ1) is 14.9. The summed E-state index contributed by atoms with van der Waals surface area (Å²) in [6.07, 6.45) is 0. The number of hydrogen-bond donors (Lipinski definition) is 2. The molecule has 0 aliphatic heterocycles. The van der Waals surface area contributed by atoms with E-state index in [2.05, 4.69) is 15.9 Å². The van der Waals surface area contributed by atoms with Crippen LogP contribution in [0.3, 0.4) is 0 Å². The summed E-state index contributed by atoms with van der Waals surface area (Å²) in [5.41, 5.74) is 4.51. The molecule has 0 saturated heterocycles. The molecule has 0 radical (unpaired) electrons. The fourth-order valence-electron chi connectivity index (χ4n) is 1.07. The van der Waals surface area contributed by atoms with E-state index in [0.717, 1.165) is 6.07 Å². The number of nitrogens with one attached hydrogen (secondary N) is 1. The Balaban J connectivity index is 2.82. The molecule has 0 fully saturated rings. The summed E-state index contributed by atoms with van der Waals surface area (Å²) in [6.45, 7) is -1.90. The number of alkyl halides is 2. The molecular weight excluding hydrogens is 320 g/mol. The molecule has 0 atom stereocenters. The van der Waals surface area contributed by atoms with Crippen LogP contribution < -0.4 is 11.1 Å². The van der Waals surface area contributed by atoms with E-state index < -0.39 is 36.6 Å². The smallest absolute Gasteiger partial charge is 0.277 e. The van der Waals surface area contributed by atoms with Gasteiger partial charge in [0, 0.05) is 4.47 Å². The summed E-state index contributed by atoms with van der Waals surface area (Å²) >= 11 is 2.84. The molecule has 1 aromatic carbocycles. The Labute approximate surface area is 108 Å². The lowest BCUT2D eigenvalue weighted by Crippen LogP contribution is -2.41. The van der Waals surface area contributed by atoms with Crippen molar-refractivity contribution >= 4 is 21.8 Å². The van der Waals surface area contributed by atoms with Gasteiger partial charge in [0.25, 0.3) is 11.8 Å². The second kappa shape index (κ2) is 5.66. The van der Waals surface area contributed by atoms with Gasteiger partial charge < -0.3 is 11.1 Å². The van der Waals surface area contributed by atoms with Crippen molar-refractivity contribution in [2.24, 2.45) is 5.73 Å². The van der Waals surface area contributed by atoms with Gasteiger partial charge in [0.05, 0.1) is 18.7 Å². The average Bonchev–Trinajstić information content (AvgIpc) is 2.31. The van der Waals surface area contributed by atoms with Crippen molar-refractivity contribution in [2.75, 3.05) is 13.1 Å². The van der Waals surface area contributed by atoms with Crippen LogP contribution in [0, 0.1) is 11.6 Å². The Morgan fingerprint density at radius 2 is 1.89 bits per heavy atom. The molecule has 0 aromatic heterocycles. The van der Waals surface area contributed by atoms with Gasteiger partial charge in [-0.3, -0.25) is 4.79 Å². The Morgan fingerprint density at radius 3 is 2.44 bits per heavy atom. The molecule has 0 spiro atoms. The summed E-state index contributed by atoms with van der Waals surface area (Å²) in [6, 6.07) is 1.36. The van der Waals surface area contributed by atoms with Crippen LogP contribution in [0.5, 0.6) is 0 Å². The van der Waals surface area contributed by atoms with Gasteiger partial charge in [0.1, 0.15) is 0 Å². The maximum absolute atomic E-state index is 12.9. The summed E-state index contributed by atoms with van der Waals surface area (Å²) in [5, 5.41) is 1.89. The third-order valence-electron chi connectivity index (χ3n) is 2.06. The molecule has 1 amide bonds. The quantitative estimate of drug-likeness (QED) is 0.656. The van der Waals surface area contributed by atoms with Gasteiger partial charge in [0.15, 0.2) is 11.6 Å². The van der Waals surface area contributed by atoms with Crippen LogP contribution >= 0.6 is 15.9 Å². The van der Waals surface area contributed by atoms with Crippen molar-refractivity contribution in [2.45, 2.75) is 5.92 Å². The number of benzene rings is 1. The largest absolute Gasteiger partial charge is 0.346 e. The highest BCUT2D eigenvalue weighted by atomic mass is 79.9. The van der Waals surface area contributed by atoms with E-state index in [9.17, 15) is 22.4 Å². The summed E-state index contributed by atoms with van der Waals surface area (Å²) in [5.74, 6) is -6.59. The van der Waals surface area contributed by atoms with Crippen molar-refractivity contribution < 1.29 is 22.4 Å². The molecule has 3 nitrogen and oxygen atoms in total. The number of carbonyl (C=O) groups is 1. The van der Waals surface area contributed by atoms with Crippen molar-refractivity contribution in [3.63, 3.8) is 0 Å². The summed E-state index contributed by atoms with van der Waals surface area (Å²) in [7, 11) is 0. The van der Waals surface area contributed by atoms with Crippen LogP contribution in [0.25, 0.3) is 0 Å². The van der Waals surface area contributed by atoms with E-state index in [0.29, 0.717) is 6.07 Å². The van der Waals surface area contributed by atoms with Crippen LogP contribution in [0.4, 0.5) is 17.6 Å². The molecule has 0 aliphatic carbocycles. The Morgan fingerprint density at radius 1 is 1.33 bits per heavy atom. The zero-order valence-electron chi connectivity index (χ0n) is 8.94. The van der Waals surface area contributed by atoms with Crippen LogP contribution in [-0.4, -0.2) is 24.9 Å². The molecule has 1 rings (SSSR count). The third-order valence-corrected chi connectivity index (χ3v) is 2.72. The van der Waals surface area contributed by atoms with Crippen molar-refractivity contribution in [1.29, 1.82) is 0 Å². The number of carbonyl (C=O) groups excluding carboxylic acids is 1. The lowest BCUT2D eigenvalue weighted by Gasteiger charge is -2.15. The molecule has 100 valence electrons. The Bertz CT molecular complexity index is 467. The first-order valence-electron chi connectivity index (χ1n) is 4.77. The molecule has 0 heterocycles. The zero-order valence-corrected chi connectivity index (χ0v) is 10.5. The van der Waals surface area contributed by atoms with Crippen LogP contribution in [0.2, 0.25) is 0 Å². The van der Waals surface area contributed by atoms with Gasteiger partial charge >= 0.3 is 0 Å². The highest BCUT2D eigenvalue weighted by molar-refractivity contribution is 9.10. The fourth-order valence-corrected chi connectivity index (χ4v) is 1.57. The van der Waals surface area contributed by atoms with Crippen LogP contribution in [0.1, 0.15) is 10.4 Å². The monoisotopic (exact) mass is 328 g/mol. The topological polar surface area (TPSA) is 55.1 Å². The molecular formula is C10H9BrF4N2O. The van der Waals surface area contributed by atoms with E-state index in [-0.39, 0.29) is 10.0 Å². The second-order valence-corrected chi connectivity index (χ2v) is 4.34. The maximum Gasteiger partial charge on any atom is 0.277 e. The van der Waals surface area contributed by atoms with Gasteiger partial charge in [0.2, 0.25) is 0 Å². The molecule has 0 aliphatic rings. The fraction of sp³-hybridized carbons (Fsp3) is 0.300. The molecule has 18 heavy (non-hydrogen) atoms. The van der Waals surface area contributed by atoms with E-state index in [1.807, 2.05) is 5.32 Å².